The molecule has 0 amide bonds. The van der Waals surface area contributed by atoms with Crippen LogP contribution in [0.15, 0.2) is 18.2 Å². The van der Waals surface area contributed by atoms with Gasteiger partial charge >= 0.3 is 0 Å². The Morgan fingerprint density at radius 1 is 1.14 bits per heavy atom. The lowest BCUT2D eigenvalue weighted by Crippen LogP contribution is -1.96. The van der Waals surface area contributed by atoms with Crippen LogP contribution in [-0.2, 0) is 11.2 Å². The summed E-state index contributed by atoms with van der Waals surface area (Å²) in [5, 5.41) is 0. The first-order chi connectivity index (χ1) is 6.93. The first-order valence-corrected chi connectivity index (χ1v) is 5.70. The highest BCUT2D eigenvalue weighted by Crippen LogP contribution is 2.52. The molecule has 1 heteroatoms. The van der Waals surface area contributed by atoms with Crippen molar-refractivity contribution in [1.82, 2.24) is 0 Å². The third-order valence-corrected chi connectivity index (χ3v) is 4.09. The largest absolute Gasteiger partial charge is 0.364 e. The fourth-order valence-corrected chi connectivity index (χ4v) is 3.36. The van der Waals surface area contributed by atoms with Crippen LogP contribution in [-0.4, -0.2) is 6.10 Å². The molecule has 1 nitrogen and oxygen atoms in total. The van der Waals surface area contributed by atoms with Crippen LogP contribution in [0.3, 0.4) is 0 Å². The minimum absolute atomic E-state index is 0.466. The van der Waals surface area contributed by atoms with E-state index in [0.29, 0.717) is 12.2 Å². The lowest BCUT2D eigenvalue weighted by atomic mass is 9.94. The van der Waals surface area contributed by atoms with Crippen LogP contribution >= 0.6 is 0 Å². The number of fused-ring (bicyclic) bond motifs is 2. The van der Waals surface area contributed by atoms with Gasteiger partial charge in [-0.05, 0) is 48.3 Å². The molecule has 0 bridgehead atoms. The average Bonchev–Trinajstić information content (AvgIpc) is 2.88. The molecule has 1 heterocycles. The van der Waals surface area contributed by atoms with E-state index in [2.05, 4.69) is 18.2 Å². The van der Waals surface area contributed by atoms with E-state index in [1.807, 2.05) is 0 Å². The van der Waals surface area contributed by atoms with E-state index in [-0.39, 0.29) is 0 Å². The molecular weight excluding hydrogens is 172 g/mol. The first kappa shape index (κ1) is 7.47. The van der Waals surface area contributed by atoms with Gasteiger partial charge in [-0.3, -0.25) is 0 Å². The molecule has 2 aliphatic carbocycles. The summed E-state index contributed by atoms with van der Waals surface area (Å²) in [5.41, 5.74) is 4.79. The van der Waals surface area contributed by atoms with Crippen molar-refractivity contribution < 1.29 is 4.74 Å². The Labute approximate surface area is 84.1 Å². The van der Waals surface area contributed by atoms with Crippen LogP contribution in [0.1, 0.15) is 48.0 Å². The van der Waals surface area contributed by atoms with Gasteiger partial charge in [-0.1, -0.05) is 18.2 Å². The summed E-state index contributed by atoms with van der Waals surface area (Å²) in [6.07, 6.45) is 6.34. The van der Waals surface area contributed by atoms with E-state index in [1.165, 1.54) is 31.2 Å². The van der Waals surface area contributed by atoms with Gasteiger partial charge in [-0.15, -0.1) is 0 Å². The van der Waals surface area contributed by atoms with Gasteiger partial charge in [0.15, 0.2) is 0 Å². The zero-order valence-corrected chi connectivity index (χ0v) is 8.20. The topological polar surface area (TPSA) is 12.5 Å². The molecular formula is C13H14O. The summed E-state index contributed by atoms with van der Waals surface area (Å²) in [5.74, 6) is 0.859. The lowest BCUT2D eigenvalue weighted by molar-refractivity contribution is 0.350. The van der Waals surface area contributed by atoms with E-state index in [4.69, 9.17) is 4.74 Å². The Kier molecular flexibility index (Phi) is 1.28. The highest BCUT2D eigenvalue weighted by molar-refractivity contribution is 5.45. The monoisotopic (exact) mass is 186 g/mol. The molecule has 14 heavy (non-hydrogen) atoms. The van der Waals surface area contributed by atoms with E-state index in [0.717, 1.165) is 5.92 Å². The molecule has 0 N–H and O–H groups in total. The van der Waals surface area contributed by atoms with Gasteiger partial charge in [-0.2, -0.15) is 0 Å². The van der Waals surface area contributed by atoms with Crippen LogP contribution in [0.4, 0.5) is 0 Å². The maximum absolute atomic E-state index is 5.72. The molecule has 1 aliphatic heterocycles. The van der Waals surface area contributed by atoms with Crippen molar-refractivity contribution in [3.05, 3.63) is 34.9 Å². The Hall–Kier alpha value is -0.820. The lowest BCUT2D eigenvalue weighted by Gasteiger charge is -2.12. The fraction of sp³-hybridized carbons (Fsp3) is 0.538. The molecule has 4 rings (SSSR count). The second-order valence-electron chi connectivity index (χ2n) is 4.83. The first-order valence-electron chi connectivity index (χ1n) is 5.70. The molecule has 0 unspecified atom stereocenters. The molecule has 0 aromatic heterocycles. The Bertz CT molecular complexity index is 396. The van der Waals surface area contributed by atoms with Crippen molar-refractivity contribution in [2.45, 2.75) is 43.8 Å². The highest BCUT2D eigenvalue weighted by Gasteiger charge is 2.45. The number of hydrogen-bond acceptors (Lipinski definition) is 1. The van der Waals surface area contributed by atoms with Crippen molar-refractivity contribution in [1.29, 1.82) is 0 Å². The molecule has 0 spiro atoms. The Morgan fingerprint density at radius 3 is 3.14 bits per heavy atom. The second-order valence-corrected chi connectivity index (χ2v) is 4.83. The Balaban J connectivity index is 1.96. The summed E-state index contributed by atoms with van der Waals surface area (Å²) < 4.78 is 5.72. The van der Waals surface area contributed by atoms with E-state index in [9.17, 15) is 0 Å². The molecule has 3 aliphatic rings. The smallest absolute Gasteiger partial charge is 0.109 e. The van der Waals surface area contributed by atoms with Crippen molar-refractivity contribution in [2.24, 2.45) is 0 Å². The minimum Gasteiger partial charge on any atom is -0.364 e. The van der Waals surface area contributed by atoms with Crippen molar-refractivity contribution in [3.8, 4) is 0 Å². The standard InChI is InChI=1S/C13H14O/c1-2-8-4-5-9-6-7-11-13(14-11)10(3-1)12(8)9/h1-3,9,11,13H,4-7H2/t9-,11+,13-/m1/s1. The van der Waals surface area contributed by atoms with E-state index in [1.54, 1.807) is 11.1 Å². The van der Waals surface area contributed by atoms with Gasteiger partial charge < -0.3 is 4.74 Å². The number of aryl methyl sites for hydroxylation is 1. The second kappa shape index (κ2) is 2.40. The van der Waals surface area contributed by atoms with Gasteiger partial charge in [0.2, 0.25) is 0 Å². The Morgan fingerprint density at radius 2 is 2.14 bits per heavy atom. The maximum atomic E-state index is 5.72. The highest BCUT2D eigenvalue weighted by atomic mass is 16.6. The van der Waals surface area contributed by atoms with Gasteiger partial charge in [0.25, 0.3) is 0 Å². The SMILES string of the molecule is c1cc2c3c(c1)[C@H]1O[C@H]1CC[C@H]3CC2. The molecule has 72 valence electrons. The van der Waals surface area contributed by atoms with Crippen LogP contribution in [0.25, 0.3) is 0 Å². The van der Waals surface area contributed by atoms with Crippen molar-refractivity contribution in [3.63, 3.8) is 0 Å². The number of benzene rings is 1. The van der Waals surface area contributed by atoms with Crippen LogP contribution in [0.2, 0.25) is 0 Å². The summed E-state index contributed by atoms with van der Waals surface area (Å²) in [7, 11) is 0. The van der Waals surface area contributed by atoms with Crippen LogP contribution in [0, 0.1) is 0 Å². The van der Waals surface area contributed by atoms with Crippen molar-refractivity contribution >= 4 is 0 Å². The molecule has 1 saturated heterocycles. The number of rotatable bonds is 0. The van der Waals surface area contributed by atoms with Crippen LogP contribution in [0.5, 0.6) is 0 Å². The zero-order valence-electron chi connectivity index (χ0n) is 8.20. The molecule has 1 aromatic carbocycles. The fourth-order valence-electron chi connectivity index (χ4n) is 3.36. The van der Waals surface area contributed by atoms with Gasteiger partial charge in [0, 0.05) is 0 Å². The predicted molar refractivity (Wildman–Crippen MR) is 54.4 cm³/mol. The summed E-state index contributed by atoms with van der Waals surface area (Å²) in [4.78, 5) is 0. The summed E-state index contributed by atoms with van der Waals surface area (Å²) in [6, 6.07) is 6.80. The summed E-state index contributed by atoms with van der Waals surface area (Å²) in [6.45, 7) is 0. The summed E-state index contributed by atoms with van der Waals surface area (Å²) >= 11 is 0. The van der Waals surface area contributed by atoms with E-state index < -0.39 is 0 Å². The molecule has 3 atom stereocenters. The van der Waals surface area contributed by atoms with E-state index >= 15 is 0 Å². The quantitative estimate of drug-likeness (QED) is 0.567. The predicted octanol–water partition coefficient (Wildman–Crippen LogP) is 2.95. The number of hydrogen-bond donors (Lipinski definition) is 0. The van der Waals surface area contributed by atoms with Gasteiger partial charge in [0.05, 0.1) is 6.10 Å². The van der Waals surface area contributed by atoms with Gasteiger partial charge in [-0.25, -0.2) is 0 Å². The molecule has 1 aromatic rings. The number of epoxide rings is 1. The third-order valence-electron chi connectivity index (χ3n) is 4.09. The third kappa shape index (κ3) is 0.838. The molecule has 1 fully saturated rings. The van der Waals surface area contributed by atoms with Crippen LogP contribution < -0.4 is 0 Å². The number of ether oxygens (including phenoxy) is 1. The normalized spacial score (nSPS) is 37.3. The van der Waals surface area contributed by atoms with Crippen molar-refractivity contribution in [2.75, 3.05) is 0 Å². The molecule has 0 saturated carbocycles. The van der Waals surface area contributed by atoms with Gasteiger partial charge in [0.1, 0.15) is 6.10 Å². The molecule has 0 radical (unpaired) electrons. The zero-order chi connectivity index (χ0) is 9.12. The average molecular weight is 186 g/mol. The minimum atomic E-state index is 0.466. The maximum Gasteiger partial charge on any atom is 0.109 e.